The molecular formula is C16H20O2. The molecule has 0 amide bonds. The first-order valence-electron chi connectivity index (χ1n) is 6.86. The van der Waals surface area contributed by atoms with Crippen LogP contribution in [0.25, 0.3) is 0 Å². The number of hydrogen-bond donors (Lipinski definition) is 0. The van der Waals surface area contributed by atoms with Crippen molar-refractivity contribution in [3.8, 4) is 5.75 Å². The van der Waals surface area contributed by atoms with Gasteiger partial charge < -0.3 is 9.53 Å². The first-order valence-corrected chi connectivity index (χ1v) is 6.86. The van der Waals surface area contributed by atoms with Crippen LogP contribution >= 0.6 is 0 Å². The lowest BCUT2D eigenvalue weighted by Gasteiger charge is -2.50. The Hall–Kier alpha value is -1.31. The van der Waals surface area contributed by atoms with Crippen molar-refractivity contribution < 1.29 is 9.53 Å². The fraction of sp³-hybridized carbons (Fsp3) is 0.562. The van der Waals surface area contributed by atoms with E-state index >= 15 is 0 Å². The van der Waals surface area contributed by atoms with Gasteiger partial charge in [-0.25, -0.2) is 0 Å². The van der Waals surface area contributed by atoms with Gasteiger partial charge >= 0.3 is 0 Å². The van der Waals surface area contributed by atoms with Gasteiger partial charge in [-0.05, 0) is 43.7 Å². The molecule has 0 spiro atoms. The monoisotopic (exact) mass is 244 g/mol. The number of fused-ring (bicyclic) bond motifs is 2. The molecule has 0 N–H and O–H groups in total. The van der Waals surface area contributed by atoms with Crippen LogP contribution in [0.2, 0.25) is 0 Å². The van der Waals surface area contributed by atoms with E-state index < -0.39 is 0 Å². The number of carbonyl (C=O) groups excluding carboxylic acids is 1. The van der Waals surface area contributed by atoms with Gasteiger partial charge in [0.1, 0.15) is 17.6 Å². The van der Waals surface area contributed by atoms with Crippen LogP contribution in [0.3, 0.4) is 0 Å². The number of hydrogen-bond acceptors (Lipinski definition) is 2. The van der Waals surface area contributed by atoms with Crippen LogP contribution in [0.4, 0.5) is 0 Å². The Morgan fingerprint density at radius 2 is 2.17 bits per heavy atom. The highest BCUT2D eigenvalue weighted by molar-refractivity contribution is 5.54. The van der Waals surface area contributed by atoms with Gasteiger partial charge in [0.15, 0.2) is 0 Å². The van der Waals surface area contributed by atoms with Crippen molar-refractivity contribution in [1.82, 2.24) is 0 Å². The first kappa shape index (κ1) is 11.8. The number of rotatable bonds is 1. The summed E-state index contributed by atoms with van der Waals surface area (Å²) in [6.45, 7) is 4.42. The third kappa shape index (κ3) is 1.66. The van der Waals surface area contributed by atoms with E-state index in [0.29, 0.717) is 11.8 Å². The largest absolute Gasteiger partial charge is 0.487 e. The fourth-order valence-corrected chi connectivity index (χ4v) is 3.74. The van der Waals surface area contributed by atoms with Gasteiger partial charge in [-0.2, -0.15) is 0 Å². The minimum absolute atomic E-state index is 0.0900. The molecule has 0 bridgehead atoms. The lowest BCUT2D eigenvalue weighted by Crippen LogP contribution is -2.52. The number of carbonyl (C=O) groups is 1. The standard InChI is InChI=1S/C16H20O2/c1-11-13(10-17)7-8-16(2)14(11)9-12-5-3-4-6-15(12)18-16/h3-6,10-11,13-14H,7-9H2,1-2H3/t11-,13-,14+,16+/m0/s1. The Morgan fingerprint density at radius 3 is 2.94 bits per heavy atom. The van der Waals surface area contributed by atoms with E-state index in [1.54, 1.807) is 0 Å². The zero-order valence-electron chi connectivity index (χ0n) is 11.1. The SMILES string of the molecule is C[C@H]1[C@H](C=O)CC[C@@]2(C)Oc3ccccc3C[C@H]12. The van der Waals surface area contributed by atoms with Crippen LogP contribution in [0.5, 0.6) is 5.75 Å². The Kier molecular flexibility index (Phi) is 2.69. The molecule has 2 nitrogen and oxygen atoms in total. The Labute approximate surface area is 108 Å². The molecule has 0 saturated heterocycles. The third-order valence-electron chi connectivity index (χ3n) is 5.00. The molecule has 2 heteroatoms. The average Bonchev–Trinajstić information content (AvgIpc) is 2.37. The Balaban J connectivity index is 1.96. The first-order chi connectivity index (χ1) is 8.64. The molecule has 2 aliphatic rings. The lowest BCUT2D eigenvalue weighted by atomic mass is 9.63. The van der Waals surface area contributed by atoms with Gasteiger partial charge in [-0.3, -0.25) is 0 Å². The summed E-state index contributed by atoms with van der Waals surface area (Å²) in [5.41, 5.74) is 1.20. The van der Waals surface area contributed by atoms with Crippen LogP contribution in [-0.4, -0.2) is 11.9 Å². The maximum atomic E-state index is 11.2. The highest BCUT2D eigenvalue weighted by Crippen LogP contribution is 2.48. The number of aldehydes is 1. The summed E-state index contributed by atoms with van der Waals surface area (Å²) in [4.78, 5) is 11.2. The van der Waals surface area contributed by atoms with Gasteiger partial charge in [0, 0.05) is 11.8 Å². The van der Waals surface area contributed by atoms with Crippen molar-refractivity contribution in [3.05, 3.63) is 29.8 Å². The summed E-state index contributed by atoms with van der Waals surface area (Å²) >= 11 is 0. The molecule has 1 fully saturated rings. The Bertz CT molecular complexity index is 468. The molecule has 0 aromatic heterocycles. The molecule has 0 unspecified atom stereocenters. The van der Waals surface area contributed by atoms with Crippen molar-refractivity contribution >= 4 is 6.29 Å². The van der Waals surface area contributed by atoms with Crippen LogP contribution in [-0.2, 0) is 11.2 Å². The van der Waals surface area contributed by atoms with Crippen LogP contribution < -0.4 is 4.74 Å². The zero-order chi connectivity index (χ0) is 12.8. The minimum Gasteiger partial charge on any atom is -0.487 e. The summed E-state index contributed by atoms with van der Waals surface area (Å²) in [6, 6.07) is 8.30. The molecule has 1 aliphatic carbocycles. The highest BCUT2D eigenvalue weighted by atomic mass is 16.5. The smallest absolute Gasteiger partial charge is 0.123 e. The lowest BCUT2D eigenvalue weighted by molar-refractivity contribution is -0.120. The zero-order valence-corrected chi connectivity index (χ0v) is 11.1. The van der Waals surface area contributed by atoms with Crippen LogP contribution in [0.15, 0.2) is 24.3 Å². The molecule has 1 heterocycles. The van der Waals surface area contributed by atoms with Crippen molar-refractivity contribution in [2.24, 2.45) is 17.8 Å². The quantitative estimate of drug-likeness (QED) is 0.709. The maximum Gasteiger partial charge on any atom is 0.123 e. The van der Waals surface area contributed by atoms with Gasteiger partial charge in [0.2, 0.25) is 0 Å². The topological polar surface area (TPSA) is 26.3 Å². The summed E-state index contributed by atoms with van der Waals surface area (Å²) in [7, 11) is 0. The van der Waals surface area contributed by atoms with Crippen molar-refractivity contribution in [3.63, 3.8) is 0 Å². The molecule has 3 rings (SSSR count). The van der Waals surface area contributed by atoms with Gasteiger partial charge in [0.05, 0.1) is 0 Å². The summed E-state index contributed by atoms with van der Waals surface area (Å²) in [5.74, 6) is 2.11. The molecule has 96 valence electrons. The third-order valence-corrected chi connectivity index (χ3v) is 5.00. The van der Waals surface area contributed by atoms with Gasteiger partial charge in [-0.15, -0.1) is 0 Å². The van der Waals surface area contributed by atoms with Crippen molar-refractivity contribution in [1.29, 1.82) is 0 Å². The summed E-state index contributed by atoms with van der Waals surface area (Å²) in [5, 5.41) is 0. The van der Waals surface area contributed by atoms with E-state index in [1.807, 2.05) is 6.07 Å². The summed E-state index contributed by atoms with van der Waals surface area (Å²) < 4.78 is 6.27. The normalized spacial score (nSPS) is 38.2. The minimum atomic E-state index is -0.0900. The molecular weight excluding hydrogens is 224 g/mol. The summed E-state index contributed by atoms with van der Waals surface area (Å²) in [6.07, 6.45) is 4.13. The molecule has 1 aliphatic heterocycles. The average molecular weight is 244 g/mol. The van der Waals surface area contributed by atoms with E-state index in [-0.39, 0.29) is 11.5 Å². The number of para-hydroxylation sites is 1. The predicted molar refractivity (Wildman–Crippen MR) is 70.6 cm³/mol. The van der Waals surface area contributed by atoms with E-state index in [4.69, 9.17) is 4.74 Å². The second kappa shape index (κ2) is 4.11. The van der Waals surface area contributed by atoms with E-state index in [0.717, 1.165) is 31.3 Å². The molecule has 4 atom stereocenters. The second-order valence-corrected chi connectivity index (χ2v) is 6.03. The van der Waals surface area contributed by atoms with Crippen LogP contribution in [0, 0.1) is 17.8 Å². The number of benzene rings is 1. The highest BCUT2D eigenvalue weighted by Gasteiger charge is 2.48. The Morgan fingerprint density at radius 1 is 1.39 bits per heavy atom. The molecule has 1 aromatic carbocycles. The van der Waals surface area contributed by atoms with Crippen LogP contribution in [0.1, 0.15) is 32.3 Å². The van der Waals surface area contributed by atoms with Crippen molar-refractivity contribution in [2.45, 2.75) is 38.7 Å². The van der Waals surface area contributed by atoms with Crippen molar-refractivity contribution in [2.75, 3.05) is 0 Å². The van der Waals surface area contributed by atoms with E-state index in [2.05, 4.69) is 32.0 Å². The fourth-order valence-electron chi connectivity index (χ4n) is 3.74. The maximum absolute atomic E-state index is 11.2. The second-order valence-electron chi connectivity index (χ2n) is 6.03. The molecule has 0 radical (unpaired) electrons. The van der Waals surface area contributed by atoms with E-state index in [9.17, 15) is 4.79 Å². The van der Waals surface area contributed by atoms with Gasteiger partial charge in [0.25, 0.3) is 0 Å². The molecule has 1 saturated carbocycles. The van der Waals surface area contributed by atoms with E-state index in [1.165, 1.54) is 5.56 Å². The van der Waals surface area contributed by atoms with Gasteiger partial charge in [-0.1, -0.05) is 25.1 Å². The predicted octanol–water partition coefficient (Wildman–Crippen LogP) is 3.24. The molecule has 1 aromatic rings. The molecule has 18 heavy (non-hydrogen) atoms. The number of ether oxygens (including phenoxy) is 1.